The molecule has 2 aliphatic rings. The molecule has 5 rings (SSSR count). The highest BCUT2D eigenvalue weighted by Crippen LogP contribution is 2.70. The van der Waals surface area contributed by atoms with Crippen molar-refractivity contribution >= 4 is 23.3 Å². The minimum Gasteiger partial charge on any atom is -0.478 e. The summed E-state index contributed by atoms with van der Waals surface area (Å²) in [5.41, 5.74) is 8.37. The van der Waals surface area contributed by atoms with E-state index in [-0.39, 0.29) is 23.8 Å². The van der Waals surface area contributed by atoms with E-state index < -0.39 is 16.8 Å². The van der Waals surface area contributed by atoms with Gasteiger partial charge in [-0.3, -0.25) is 4.79 Å². The lowest BCUT2D eigenvalue weighted by atomic mass is 9.83. The molecule has 3 aromatic carbocycles. The Morgan fingerprint density at radius 3 is 2.58 bits per heavy atom. The second-order valence-corrected chi connectivity index (χ2v) is 8.59. The van der Waals surface area contributed by atoms with Crippen molar-refractivity contribution in [3.63, 3.8) is 0 Å². The summed E-state index contributed by atoms with van der Waals surface area (Å²) >= 11 is 0. The molecule has 1 spiro atoms. The average Bonchev–Trinajstić information content (AvgIpc) is 3.33. The SMILES string of the molecule is C[C@]1(c2ccc(N)cc2)C[C@@]12C(=O)N(Cc1cccc(C(=O)O)c1)c1ccc(F)cc12. The van der Waals surface area contributed by atoms with E-state index in [0.717, 1.165) is 5.56 Å². The number of fused-ring (bicyclic) bond motifs is 2. The summed E-state index contributed by atoms with van der Waals surface area (Å²) in [5.74, 6) is -1.49. The topological polar surface area (TPSA) is 83.6 Å². The van der Waals surface area contributed by atoms with Crippen molar-refractivity contribution in [2.24, 2.45) is 0 Å². The number of carbonyl (C=O) groups excluding carboxylic acids is 1. The Bertz CT molecular complexity index is 1240. The van der Waals surface area contributed by atoms with Crippen LogP contribution in [0.5, 0.6) is 0 Å². The molecular formula is C25H21FN2O3. The maximum Gasteiger partial charge on any atom is 0.335 e. The molecule has 3 aromatic rings. The van der Waals surface area contributed by atoms with Crippen molar-refractivity contribution in [3.05, 3.63) is 94.8 Å². The molecule has 2 atom stereocenters. The molecule has 0 bridgehead atoms. The van der Waals surface area contributed by atoms with Crippen LogP contribution in [0.2, 0.25) is 0 Å². The number of nitrogens with two attached hydrogens (primary N) is 1. The number of halogens is 1. The lowest BCUT2D eigenvalue weighted by molar-refractivity contribution is -0.120. The van der Waals surface area contributed by atoms with E-state index in [4.69, 9.17) is 5.73 Å². The van der Waals surface area contributed by atoms with Crippen molar-refractivity contribution in [2.45, 2.75) is 30.7 Å². The molecule has 31 heavy (non-hydrogen) atoms. The van der Waals surface area contributed by atoms with Crippen molar-refractivity contribution in [2.75, 3.05) is 10.6 Å². The Morgan fingerprint density at radius 2 is 1.87 bits per heavy atom. The van der Waals surface area contributed by atoms with E-state index in [0.29, 0.717) is 28.9 Å². The Hall–Kier alpha value is -3.67. The van der Waals surface area contributed by atoms with Gasteiger partial charge in [0.05, 0.1) is 17.5 Å². The van der Waals surface area contributed by atoms with Gasteiger partial charge in [0.1, 0.15) is 5.82 Å². The molecule has 1 heterocycles. The maximum absolute atomic E-state index is 14.3. The lowest BCUT2D eigenvalue weighted by Crippen LogP contribution is -2.35. The first-order valence-corrected chi connectivity index (χ1v) is 10.1. The molecule has 0 saturated heterocycles. The van der Waals surface area contributed by atoms with Crippen LogP contribution in [0.4, 0.5) is 15.8 Å². The van der Waals surface area contributed by atoms with Gasteiger partial charge in [0.25, 0.3) is 0 Å². The number of nitrogen functional groups attached to an aromatic ring is 1. The first-order chi connectivity index (χ1) is 14.8. The molecule has 6 heteroatoms. The van der Waals surface area contributed by atoms with Crippen molar-refractivity contribution in [3.8, 4) is 0 Å². The largest absolute Gasteiger partial charge is 0.478 e. The zero-order valence-corrected chi connectivity index (χ0v) is 16.9. The summed E-state index contributed by atoms with van der Waals surface area (Å²) in [4.78, 5) is 26.8. The van der Waals surface area contributed by atoms with Crippen molar-refractivity contribution < 1.29 is 19.1 Å². The zero-order chi connectivity index (χ0) is 22.0. The van der Waals surface area contributed by atoms with Gasteiger partial charge in [0, 0.05) is 16.8 Å². The number of rotatable bonds is 4. The second kappa shape index (κ2) is 6.41. The number of aromatic carboxylic acids is 1. The molecule has 1 amide bonds. The summed E-state index contributed by atoms with van der Waals surface area (Å²) < 4.78 is 14.3. The Labute approximate surface area is 178 Å². The molecule has 1 aliphatic carbocycles. The first-order valence-electron chi connectivity index (χ1n) is 10.1. The highest BCUT2D eigenvalue weighted by molar-refractivity contribution is 6.12. The smallest absolute Gasteiger partial charge is 0.335 e. The summed E-state index contributed by atoms with van der Waals surface area (Å²) in [6.07, 6.45) is 0.574. The standard InChI is InChI=1S/C25H21FN2O3/c1-24(17-5-8-19(27)9-6-17)14-25(24)20-12-18(26)7-10-21(20)28(23(25)31)13-15-3-2-4-16(11-15)22(29)30/h2-12H,13-14,27H2,1H3,(H,29,30)/t24-,25-/m1/s1. The maximum atomic E-state index is 14.3. The monoisotopic (exact) mass is 416 g/mol. The molecule has 5 nitrogen and oxygen atoms in total. The van der Waals surface area contributed by atoms with E-state index in [1.165, 1.54) is 18.2 Å². The number of anilines is 2. The highest BCUT2D eigenvalue weighted by Gasteiger charge is 2.74. The molecular weight excluding hydrogens is 395 g/mol. The third kappa shape index (κ3) is 2.68. The van der Waals surface area contributed by atoms with Crippen LogP contribution in [-0.4, -0.2) is 17.0 Å². The van der Waals surface area contributed by atoms with Gasteiger partial charge in [-0.1, -0.05) is 31.2 Å². The number of nitrogens with zero attached hydrogens (tertiary/aromatic N) is 1. The summed E-state index contributed by atoms with van der Waals surface area (Å²) in [7, 11) is 0. The minimum absolute atomic E-state index is 0.0897. The summed E-state index contributed by atoms with van der Waals surface area (Å²) in [5, 5.41) is 9.29. The summed E-state index contributed by atoms with van der Waals surface area (Å²) in [6.45, 7) is 2.25. The number of amides is 1. The molecule has 0 unspecified atom stereocenters. The van der Waals surface area contributed by atoms with Crippen LogP contribution in [0, 0.1) is 5.82 Å². The van der Waals surface area contributed by atoms with Crippen LogP contribution in [-0.2, 0) is 22.2 Å². The van der Waals surface area contributed by atoms with Gasteiger partial charge in [0.15, 0.2) is 0 Å². The third-order valence-corrected chi connectivity index (χ3v) is 6.82. The number of carboxylic acid groups (broad SMARTS) is 1. The molecule has 0 radical (unpaired) electrons. The first kappa shape index (κ1) is 19.3. The lowest BCUT2D eigenvalue weighted by Gasteiger charge is -2.21. The molecule has 0 aromatic heterocycles. The highest BCUT2D eigenvalue weighted by atomic mass is 19.1. The number of carbonyl (C=O) groups is 2. The van der Waals surface area contributed by atoms with Gasteiger partial charge in [0.2, 0.25) is 5.91 Å². The van der Waals surface area contributed by atoms with Crippen LogP contribution in [0.15, 0.2) is 66.7 Å². The number of carboxylic acids is 1. The van der Waals surface area contributed by atoms with Gasteiger partial charge < -0.3 is 15.7 Å². The fourth-order valence-electron chi connectivity index (χ4n) is 5.07. The number of hydrogen-bond acceptors (Lipinski definition) is 3. The van der Waals surface area contributed by atoms with E-state index >= 15 is 0 Å². The quantitative estimate of drug-likeness (QED) is 0.623. The van der Waals surface area contributed by atoms with Gasteiger partial charge in [-0.25, -0.2) is 9.18 Å². The molecule has 1 saturated carbocycles. The van der Waals surface area contributed by atoms with Crippen molar-refractivity contribution in [1.29, 1.82) is 0 Å². The number of hydrogen-bond donors (Lipinski definition) is 2. The predicted molar refractivity (Wildman–Crippen MR) is 115 cm³/mol. The molecule has 3 N–H and O–H groups in total. The predicted octanol–water partition coefficient (Wildman–Crippen LogP) is 4.25. The third-order valence-electron chi connectivity index (χ3n) is 6.82. The molecule has 1 aliphatic heterocycles. The van der Waals surface area contributed by atoms with E-state index in [2.05, 4.69) is 0 Å². The van der Waals surface area contributed by atoms with Crippen LogP contribution in [0.3, 0.4) is 0 Å². The van der Waals surface area contributed by atoms with Crippen LogP contribution >= 0.6 is 0 Å². The van der Waals surface area contributed by atoms with Crippen molar-refractivity contribution in [1.82, 2.24) is 0 Å². The molecule has 156 valence electrons. The van der Waals surface area contributed by atoms with E-state index in [9.17, 15) is 19.1 Å². The Morgan fingerprint density at radius 1 is 1.13 bits per heavy atom. The van der Waals surface area contributed by atoms with Gasteiger partial charge >= 0.3 is 5.97 Å². The van der Waals surface area contributed by atoms with Gasteiger partial charge in [-0.15, -0.1) is 0 Å². The fraction of sp³-hybridized carbons (Fsp3) is 0.200. The average molecular weight is 416 g/mol. The minimum atomic E-state index is -1.02. The molecule has 1 fully saturated rings. The Balaban J connectivity index is 1.58. The van der Waals surface area contributed by atoms with Gasteiger partial charge in [-0.05, 0) is 65.6 Å². The van der Waals surface area contributed by atoms with E-state index in [1.807, 2.05) is 31.2 Å². The fourth-order valence-corrected chi connectivity index (χ4v) is 5.07. The van der Waals surface area contributed by atoms with Crippen LogP contribution in [0.25, 0.3) is 0 Å². The van der Waals surface area contributed by atoms with E-state index in [1.54, 1.807) is 29.2 Å². The van der Waals surface area contributed by atoms with Gasteiger partial charge in [-0.2, -0.15) is 0 Å². The normalized spacial score (nSPS) is 23.8. The number of benzene rings is 3. The summed E-state index contributed by atoms with van der Waals surface area (Å²) in [6, 6.07) is 18.5. The zero-order valence-electron chi connectivity index (χ0n) is 16.9. The Kier molecular flexibility index (Phi) is 3.99. The van der Waals surface area contributed by atoms with Crippen LogP contribution in [0.1, 0.15) is 40.4 Å². The second-order valence-electron chi connectivity index (χ2n) is 8.59. The van der Waals surface area contributed by atoms with Crippen LogP contribution < -0.4 is 10.6 Å².